The van der Waals surface area contributed by atoms with E-state index < -0.39 is 12.9 Å². The first-order valence-corrected chi connectivity index (χ1v) is 42.4. The second-order valence-electron chi connectivity index (χ2n) is 35.1. The summed E-state index contributed by atoms with van der Waals surface area (Å²) in [6.07, 6.45) is 0. The summed E-state index contributed by atoms with van der Waals surface area (Å²) in [5.74, 6) is 5.14. The summed E-state index contributed by atoms with van der Waals surface area (Å²) in [4.78, 5) is 1.35. The molecule has 0 radical (unpaired) electrons. The minimum absolute atomic E-state index is 0.0599. The minimum atomic E-state index is -2.08. The van der Waals surface area contributed by atoms with E-state index in [1.807, 2.05) is 68.4 Å². The number of anilines is 1. The molecule has 0 aromatic heterocycles. The largest absolute Gasteiger partial charge is 0.496 e. The van der Waals surface area contributed by atoms with Gasteiger partial charge in [0.15, 0.2) is 0 Å². The van der Waals surface area contributed by atoms with Crippen molar-refractivity contribution < 1.29 is 10.2 Å². The van der Waals surface area contributed by atoms with E-state index in [-0.39, 0.29) is 5.41 Å². The van der Waals surface area contributed by atoms with Crippen molar-refractivity contribution in [2.75, 3.05) is 26.0 Å². The monoisotopic (exact) mass is 1540 g/mol. The summed E-state index contributed by atoms with van der Waals surface area (Å²) in [6.45, 7) is 57.8. The van der Waals surface area contributed by atoms with Gasteiger partial charge in [-0.05, 0) is 243 Å². The zero-order chi connectivity index (χ0) is 88.4. The van der Waals surface area contributed by atoms with E-state index in [1.54, 1.807) is 19.7 Å². The van der Waals surface area contributed by atoms with Gasteiger partial charge in [0.05, 0.1) is 7.11 Å². The van der Waals surface area contributed by atoms with Gasteiger partial charge in [-0.2, -0.15) is 0 Å². The van der Waals surface area contributed by atoms with Crippen LogP contribution in [0.1, 0.15) is 307 Å². The second-order valence-corrected chi connectivity index (χ2v) is 35.1. The Morgan fingerprint density at radius 2 is 0.565 bits per heavy atom. The van der Waals surface area contributed by atoms with Crippen LogP contribution in [0, 0.1) is 27.7 Å². The first kappa shape index (κ1) is 87.6. The minimum Gasteiger partial charge on any atom is -0.496 e. The van der Waals surface area contributed by atoms with Crippen LogP contribution in [0.3, 0.4) is 0 Å². The summed E-state index contributed by atoms with van der Waals surface area (Å²) >= 11 is 0. The highest BCUT2D eigenvalue weighted by Gasteiger charge is 2.25. The van der Waals surface area contributed by atoms with Crippen LogP contribution in [0.5, 0.6) is 5.75 Å². The molecule has 0 amide bonds. The van der Waals surface area contributed by atoms with Crippen LogP contribution in [0.25, 0.3) is 55.6 Å². The topological polar surface area (TPSA) is 12.5 Å². The predicted octanol–water partition coefficient (Wildman–Crippen LogP) is 34.0. The summed E-state index contributed by atoms with van der Waals surface area (Å²) in [5.41, 5.74) is 34.5. The number of nitrogens with zero attached hydrogens (tertiary/aromatic N) is 1. The van der Waals surface area contributed by atoms with Crippen molar-refractivity contribution in [2.45, 2.75) is 252 Å². The van der Waals surface area contributed by atoms with Gasteiger partial charge in [0.2, 0.25) is 0 Å². The molecular weight excluding hydrogens is 1390 g/mol. The molecule has 0 aliphatic rings. The molecule has 0 saturated carbocycles. The van der Waals surface area contributed by atoms with Crippen LogP contribution >= 0.6 is 0 Å². The van der Waals surface area contributed by atoms with E-state index in [9.17, 15) is 0 Å². The number of rotatable bonds is 17. The molecule has 0 spiro atoms. The van der Waals surface area contributed by atoms with E-state index in [1.165, 1.54) is 127 Å². The number of para-hydroxylation sites is 2. The predicted molar refractivity (Wildman–Crippen MR) is 512 cm³/mol. The van der Waals surface area contributed by atoms with Crippen LogP contribution in [0.2, 0.25) is 0 Å². The van der Waals surface area contributed by atoms with Gasteiger partial charge in [-0.1, -0.05) is 420 Å². The molecule has 0 aliphatic carbocycles. The molecule has 0 fully saturated rings. The first-order valence-electron chi connectivity index (χ1n) is 44.4. The molecule has 0 heterocycles. The van der Waals surface area contributed by atoms with Crippen LogP contribution in [-0.4, -0.2) is 21.1 Å². The SMILES string of the molecule is CC(C)c1cc(-c2ccccc2)cc(C(C)C)c1C(C)C.CC(C)c1ccc(-c2ccccc2)cc1.COc1ccccc1C(C)C.Cc1cc(-c2ccccc2)cc(C)c1C(C)C.Cc1cc(-c2ccccc2)cc(C)c1C(C)C.[2H]C(C)(C)c1cc(-c2ccccc2)cc(C(C)(C)C)c1C(C)C.[2H]C([2H])([2H])N(C)c1ccccc1C(C)C. The molecular formula is C113H145NO. The van der Waals surface area contributed by atoms with Crippen LogP contribution in [0.4, 0.5) is 5.69 Å². The number of benzene rings is 12. The van der Waals surface area contributed by atoms with Gasteiger partial charge in [-0.25, -0.2) is 0 Å². The highest BCUT2D eigenvalue weighted by molar-refractivity contribution is 5.71. The number of hydrogen-bond acceptors (Lipinski definition) is 2. The van der Waals surface area contributed by atoms with Crippen LogP contribution in [-0.2, 0) is 5.41 Å². The Balaban J connectivity index is 0.000000217. The standard InChI is InChI=1S/C22H30.C21H28.2C17H20.C15H16.C11H17N.C10H14O/c1-15(2)19-13-18(17-11-9-8-10-12-17)14-20(22(5,6)7)21(19)16(3)4;1-14(2)19-12-18(17-10-8-7-9-11-17)13-20(15(3)4)21(19)16(5)6;2*1-12(2)17-13(3)10-16(11-14(17)4)15-8-6-5-7-9-15;1-12(2)13-8-10-15(11-9-13)14-6-4-3-5-7-14;1-9(2)10-7-5-6-8-11(10)12(3)4;1-8(2)9-6-4-5-7-10(9)11-3/h8-16H,1-7H3;7-16H,1-6H3;2*5-12H,1-4H3;3-12H,1-2H3;5-9H,1-4H3;4-8H,1-3H3/i15D;;;;;3D3;. The van der Waals surface area contributed by atoms with E-state index in [0.29, 0.717) is 53.3 Å². The van der Waals surface area contributed by atoms with Crippen LogP contribution in [0.15, 0.2) is 273 Å². The fraction of sp³-hybridized carbons (Fsp3) is 0.363. The van der Waals surface area contributed by atoms with E-state index in [2.05, 4.69) is 391 Å². The van der Waals surface area contributed by atoms with E-state index >= 15 is 0 Å². The number of ether oxygens (including phenoxy) is 1. The molecule has 0 atom stereocenters. The van der Waals surface area contributed by atoms with E-state index in [4.69, 9.17) is 10.2 Å². The normalized spacial score (nSPS) is 11.8. The van der Waals surface area contributed by atoms with Crippen molar-refractivity contribution >= 4 is 5.69 Å². The molecule has 2 nitrogen and oxygen atoms in total. The molecule has 0 unspecified atom stereocenters. The first-order chi connectivity index (χ1) is 56.0. The number of aryl methyl sites for hydroxylation is 4. The van der Waals surface area contributed by atoms with Crippen molar-refractivity contribution in [1.29, 1.82) is 0 Å². The van der Waals surface area contributed by atoms with E-state index in [0.717, 1.165) is 22.6 Å². The Labute approximate surface area is 707 Å². The van der Waals surface area contributed by atoms with Crippen molar-refractivity contribution in [3.63, 3.8) is 0 Å². The summed E-state index contributed by atoms with van der Waals surface area (Å²) in [6, 6.07) is 96.1. The molecule has 0 saturated heterocycles. The lowest BCUT2D eigenvalue weighted by atomic mass is 9.75. The van der Waals surface area contributed by atoms with Gasteiger partial charge < -0.3 is 9.64 Å². The Bertz CT molecular complexity index is 4800. The highest BCUT2D eigenvalue weighted by Crippen LogP contribution is 2.42. The Kier molecular flexibility index (Phi) is 34.7. The Hall–Kier alpha value is -9.76. The molecule has 115 heavy (non-hydrogen) atoms. The molecule has 608 valence electrons. The quantitative estimate of drug-likeness (QED) is 0.0901. The van der Waals surface area contributed by atoms with Crippen molar-refractivity contribution in [2.24, 2.45) is 0 Å². The molecule has 12 aromatic rings. The Morgan fingerprint density at radius 1 is 0.278 bits per heavy atom. The number of methoxy groups -OCH3 is 1. The highest BCUT2D eigenvalue weighted by atomic mass is 16.5. The molecule has 0 aliphatic heterocycles. The Morgan fingerprint density at radius 3 is 0.861 bits per heavy atom. The molecule has 12 aromatic carbocycles. The molecule has 0 bridgehead atoms. The fourth-order valence-corrected chi connectivity index (χ4v) is 15.7. The number of hydrogen-bond donors (Lipinski definition) is 0. The average molecular weight is 1540 g/mol. The van der Waals surface area contributed by atoms with Gasteiger partial charge in [0.25, 0.3) is 0 Å². The van der Waals surface area contributed by atoms with Crippen molar-refractivity contribution in [1.82, 2.24) is 0 Å². The lowest BCUT2D eigenvalue weighted by molar-refractivity contribution is 0.407. The third kappa shape index (κ3) is 27.7. The molecule has 2 heteroatoms. The molecule has 0 N–H and O–H groups in total. The average Bonchev–Trinajstić information content (AvgIpc) is 0.763. The van der Waals surface area contributed by atoms with Crippen molar-refractivity contribution in [3.05, 3.63) is 356 Å². The van der Waals surface area contributed by atoms with Crippen molar-refractivity contribution in [3.8, 4) is 61.4 Å². The third-order valence-electron chi connectivity index (χ3n) is 21.3. The lowest BCUT2D eigenvalue weighted by Gasteiger charge is -2.29. The fourth-order valence-electron chi connectivity index (χ4n) is 15.7. The summed E-state index contributed by atoms with van der Waals surface area (Å²) in [5, 5.41) is 0. The zero-order valence-electron chi connectivity index (χ0n) is 80.0. The van der Waals surface area contributed by atoms with Gasteiger partial charge in [0, 0.05) is 25.2 Å². The van der Waals surface area contributed by atoms with Gasteiger partial charge in [-0.3, -0.25) is 0 Å². The smallest absolute Gasteiger partial charge is 0.122 e. The zero-order valence-corrected chi connectivity index (χ0v) is 76.0. The van der Waals surface area contributed by atoms with Gasteiger partial charge in [0.1, 0.15) is 5.75 Å². The maximum Gasteiger partial charge on any atom is 0.122 e. The third-order valence-corrected chi connectivity index (χ3v) is 21.3. The van der Waals surface area contributed by atoms with Crippen LogP contribution < -0.4 is 9.64 Å². The lowest BCUT2D eigenvalue weighted by Crippen LogP contribution is -2.17. The summed E-state index contributed by atoms with van der Waals surface area (Å²) in [7, 11) is 3.31. The van der Waals surface area contributed by atoms with Gasteiger partial charge >= 0.3 is 0 Å². The second kappa shape index (κ2) is 45.5. The maximum atomic E-state index is 8.67. The summed E-state index contributed by atoms with van der Waals surface area (Å²) < 4.78 is 36.0. The molecule has 12 rings (SSSR count). The van der Waals surface area contributed by atoms with Gasteiger partial charge in [-0.15, -0.1) is 0 Å². The maximum absolute atomic E-state index is 8.67.